The fourth-order valence-corrected chi connectivity index (χ4v) is 2.58. The topological polar surface area (TPSA) is 44.1 Å². The predicted molar refractivity (Wildman–Crippen MR) is 68.3 cm³/mol. The van der Waals surface area contributed by atoms with Gasteiger partial charge in [0.2, 0.25) is 0 Å². The molecular formula is C13H11BrF2N2O. The van der Waals surface area contributed by atoms with Crippen molar-refractivity contribution in [3.05, 3.63) is 33.8 Å². The largest absolute Gasteiger partial charge is 0.338 e. The molecule has 19 heavy (non-hydrogen) atoms. The van der Waals surface area contributed by atoms with Crippen LogP contribution in [0.15, 0.2) is 16.6 Å². The first-order chi connectivity index (χ1) is 9.04. The minimum absolute atomic E-state index is 0.0650. The molecule has 1 fully saturated rings. The van der Waals surface area contributed by atoms with Crippen LogP contribution >= 0.6 is 15.9 Å². The predicted octanol–water partition coefficient (Wildman–Crippen LogP) is 3.10. The molecule has 1 aliphatic rings. The van der Waals surface area contributed by atoms with Crippen molar-refractivity contribution in [2.45, 2.75) is 12.8 Å². The minimum atomic E-state index is -0.749. The van der Waals surface area contributed by atoms with Crippen molar-refractivity contribution < 1.29 is 13.6 Å². The third-order valence-electron chi connectivity index (χ3n) is 3.22. The second-order valence-corrected chi connectivity index (χ2v) is 5.21. The fraction of sp³-hybridized carbons (Fsp3) is 0.385. The van der Waals surface area contributed by atoms with Crippen LogP contribution in [0, 0.1) is 28.9 Å². The van der Waals surface area contributed by atoms with Crippen LogP contribution in [-0.2, 0) is 0 Å². The maximum absolute atomic E-state index is 13.7. The lowest BCUT2D eigenvalue weighted by molar-refractivity contribution is 0.0701. The Morgan fingerprint density at radius 3 is 2.47 bits per heavy atom. The zero-order valence-electron chi connectivity index (χ0n) is 10.00. The molecule has 0 unspecified atom stereocenters. The van der Waals surface area contributed by atoms with Gasteiger partial charge in [-0.3, -0.25) is 4.79 Å². The summed E-state index contributed by atoms with van der Waals surface area (Å²) >= 11 is 2.91. The molecule has 100 valence electrons. The fourth-order valence-electron chi connectivity index (χ4n) is 2.09. The second kappa shape index (κ2) is 5.66. The van der Waals surface area contributed by atoms with Gasteiger partial charge in [-0.2, -0.15) is 5.26 Å². The molecule has 0 N–H and O–H groups in total. The number of hydrogen-bond acceptors (Lipinski definition) is 2. The summed E-state index contributed by atoms with van der Waals surface area (Å²) in [5.74, 6) is -2.03. The first kappa shape index (κ1) is 13.9. The quantitative estimate of drug-likeness (QED) is 0.743. The van der Waals surface area contributed by atoms with Gasteiger partial charge in [0, 0.05) is 19.0 Å². The van der Waals surface area contributed by atoms with Crippen molar-refractivity contribution in [1.82, 2.24) is 4.90 Å². The van der Waals surface area contributed by atoms with Crippen molar-refractivity contribution in [3.63, 3.8) is 0 Å². The lowest BCUT2D eigenvalue weighted by atomic mass is 9.98. The Kier molecular flexibility index (Phi) is 4.15. The molecule has 1 aliphatic heterocycles. The third-order valence-corrected chi connectivity index (χ3v) is 4.00. The lowest BCUT2D eigenvalue weighted by Crippen LogP contribution is -2.38. The molecule has 0 atom stereocenters. The van der Waals surface area contributed by atoms with Crippen LogP contribution in [0.1, 0.15) is 23.2 Å². The van der Waals surface area contributed by atoms with E-state index in [4.69, 9.17) is 5.26 Å². The highest BCUT2D eigenvalue weighted by Gasteiger charge is 2.27. The molecule has 0 spiro atoms. The Labute approximate surface area is 117 Å². The molecular weight excluding hydrogens is 318 g/mol. The Balaban J connectivity index is 2.22. The molecule has 1 aromatic carbocycles. The first-order valence-corrected chi connectivity index (χ1v) is 6.66. The smallest absolute Gasteiger partial charge is 0.258 e. The minimum Gasteiger partial charge on any atom is -0.338 e. The summed E-state index contributed by atoms with van der Waals surface area (Å²) in [5, 5.41) is 8.79. The number of nitrogens with zero attached hydrogens (tertiary/aromatic N) is 2. The standard InChI is InChI=1S/C13H11BrF2N2O/c14-12-10(16)2-1-9(15)11(12)13(19)18-5-3-8(7-17)4-6-18/h1-2,8H,3-6H2. The van der Waals surface area contributed by atoms with Crippen LogP contribution in [-0.4, -0.2) is 23.9 Å². The summed E-state index contributed by atoms with van der Waals surface area (Å²) in [4.78, 5) is 13.6. The van der Waals surface area contributed by atoms with Gasteiger partial charge in [-0.05, 0) is 40.9 Å². The second-order valence-electron chi connectivity index (χ2n) is 4.41. The number of likely N-dealkylation sites (tertiary alicyclic amines) is 1. The molecule has 1 amide bonds. The van der Waals surface area contributed by atoms with Gasteiger partial charge in [0.05, 0.1) is 16.1 Å². The molecule has 0 aliphatic carbocycles. The molecule has 3 nitrogen and oxygen atoms in total. The van der Waals surface area contributed by atoms with E-state index in [2.05, 4.69) is 22.0 Å². The van der Waals surface area contributed by atoms with E-state index >= 15 is 0 Å². The number of nitriles is 1. The summed E-state index contributed by atoms with van der Waals surface area (Å²) in [7, 11) is 0. The molecule has 0 radical (unpaired) electrons. The Hall–Kier alpha value is -1.48. The number of piperidine rings is 1. The molecule has 1 aromatic rings. The van der Waals surface area contributed by atoms with Crippen LogP contribution < -0.4 is 0 Å². The van der Waals surface area contributed by atoms with Crippen LogP contribution in [0.5, 0.6) is 0 Å². The average molecular weight is 329 g/mol. The van der Waals surface area contributed by atoms with Crippen molar-refractivity contribution in [2.24, 2.45) is 5.92 Å². The van der Waals surface area contributed by atoms with Crippen molar-refractivity contribution >= 4 is 21.8 Å². The number of carbonyl (C=O) groups is 1. The number of carbonyl (C=O) groups excluding carboxylic acids is 1. The normalized spacial score (nSPS) is 16.2. The van der Waals surface area contributed by atoms with E-state index in [1.165, 1.54) is 4.90 Å². The molecule has 1 saturated heterocycles. The van der Waals surface area contributed by atoms with E-state index in [-0.39, 0.29) is 16.0 Å². The van der Waals surface area contributed by atoms with Gasteiger partial charge in [-0.15, -0.1) is 0 Å². The lowest BCUT2D eigenvalue weighted by Gasteiger charge is -2.29. The van der Waals surface area contributed by atoms with E-state index in [1.54, 1.807) is 0 Å². The van der Waals surface area contributed by atoms with E-state index in [0.29, 0.717) is 25.9 Å². The molecule has 0 aromatic heterocycles. The van der Waals surface area contributed by atoms with Gasteiger partial charge >= 0.3 is 0 Å². The highest BCUT2D eigenvalue weighted by molar-refractivity contribution is 9.10. The maximum atomic E-state index is 13.7. The summed E-state index contributed by atoms with van der Waals surface area (Å²) in [6.45, 7) is 0.777. The summed E-state index contributed by atoms with van der Waals surface area (Å²) < 4.78 is 26.9. The Bertz CT molecular complexity index is 548. The van der Waals surface area contributed by atoms with Crippen molar-refractivity contribution in [3.8, 4) is 6.07 Å². The van der Waals surface area contributed by atoms with Gasteiger partial charge in [-0.1, -0.05) is 0 Å². The molecule has 2 rings (SSSR count). The van der Waals surface area contributed by atoms with Crippen LogP contribution in [0.3, 0.4) is 0 Å². The third kappa shape index (κ3) is 2.76. The zero-order valence-corrected chi connectivity index (χ0v) is 11.6. The van der Waals surface area contributed by atoms with Crippen LogP contribution in [0.25, 0.3) is 0 Å². The van der Waals surface area contributed by atoms with Gasteiger partial charge in [0.15, 0.2) is 0 Å². The van der Waals surface area contributed by atoms with Crippen molar-refractivity contribution in [2.75, 3.05) is 13.1 Å². The summed E-state index contributed by atoms with van der Waals surface area (Å²) in [6, 6.07) is 4.06. The van der Waals surface area contributed by atoms with E-state index < -0.39 is 17.5 Å². The van der Waals surface area contributed by atoms with E-state index in [1.807, 2.05) is 0 Å². The Morgan fingerprint density at radius 2 is 1.89 bits per heavy atom. The van der Waals surface area contributed by atoms with Gasteiger partial charge in [-0.25, -0.2) is 8.78 Å². The van der Waals surface area contributed by atoms with Gasteiger partial charge in [0.1, 0.15) is 11.6 Å². The number of benzene rings is 1. The number of hydrogen-bond donors (Lipinski definition) is 0. The summed E-state index contributed by atoms with van der Waals surface area (Å²) in [5.41, 5.74) is -0.282. The zero-order chi connectivity index (χ0) is 14.0. The first-order valence-electron chi connectivity index (χ1n) is 5.87. The highest BCUT2D eigenvalue weighted by atomic mass is 79.9. The van der Waals surface area contributed by atoms with Crippen LogP contribution in [0.4, 0.5) is 8.78 Å². The molecule has 0 bridgehead atoms. The van der Waals surface area contributed by atoms with Crippen LogP contribution in [0.2, 0.25) is 0 Å². The average Bonchev–Trinajstić information content (AvgIpc) is 2.43. The van der Waals surface area contributed by atoms with Gasteiger partial charge in [0.25, 0.3) is 5.91 Å². The Morgan fingerprint density at radius 1 is 1.32 bits per heavy atom. The number of rotatable bonds is 1. The molecule has 1 heterocycles. The monoisotopic (exact) mass is 328 g/mol. The highest BCUT2D eigenvalue weighted by Crippen LogP contribution is 2.26. The van der Waals surface area contributed by atoms with E-state index in [9.17, 15) is 13.6 Å². The molecule has 0 saturated carbocycles. The SMILES string of the molecule is N#CC1CCN(C(=O)c2c(F)ccc(F)c2Br)CC1. The summed E-state index contributed by atoms with van der Waals surface area (Å²) in [6.07, 6.45) is 1.13. The van der Waals surface area contributed by atoms with E-state index in [0.717, 1.165) is 12.1 Å². The number of halogens is 3. The maximum Gasteiger partial charge on any atom is 0.258 e. The van der Waals surface area contributed by atoms with Crippen molar-refractivity contribution in [1.29, 1.82) is 5.26 Å². The number of amides is 1. The van der Waals surface area contributed by atoms with Gasteiger partial charge < -0.3 is 4.90 Å². The molecule has 6 heteroatoms.